The number of nitrogens with two attached hydrogens (primary N) is 1. The van der Waals surface area contributed by atoms with Crippen LogP contribution in [0.15, 0.2) is 30.3 Å². The Labute approximate surface area is 117 Å². The third-order valence-electron chi connectivity index (χ3n) is 3.42. The molecule has 1 aliphatic heterocycles. The zero-order chi connectivity index (χ0) is 13.9. The van der Waals surface area contributed by atoms with Crippen molar-refractivity contribution in [2.45, 2.75) is 18.9 Å². The van der Waals surface area contributed by atoms with Gasteiger partial charge in [-0.25, -0.2) is 4.98 Å². The van der Waals surface area contributed by atoms with E-state index in [0.29, 0.717) is 18.1 Å². The van der Waals surface area contributed by atoms with Crippen molar-refractivity contribution in [3.8, 4) is 5.88 Å². The number of aromatic nitrogens is 1. The summed E-state index contributed by atoms with van der Waals surface area (Å²) in [6.45, 7) is 1.29. The van der Waals surface area contributed by atoms with Crippen LogP contribution in [-0.2, 0) is 4.74 Å². The Kier molecular flexibility index (Phi) is 3.52. The standard InChI is InChI=1S/C15H17N3O2/c16-15(17)12-8-14(20-9-10-4-3-7-19-10)18-13-6-2-1-5-11(12)13/h1-2,5-6,8,10H,3-4,7,9H2,(H3,16,17). The zero-order valence-corrected chi connectivity index (χ0v) is 11.1. The highest BCUT2D eigenvalue weighted by molar-refractivity contribution is 6.06. The summed E-state index contributed by atoms with van der Waals surface area (Å²) in [5.41, 5.74) is 7.07. The molecule has 0 radical (unpaired) electrons. The molecule has 1 aromatic carbocycles. The summed E-state index contributed by atoms with van der Waals surface area (Å²) in [4.78, 5) is 4.45. The first-order chi connectivity index (χ1) is 9.74. The van der Waals surface area contributed by atoms with Crippen LogP contribution in [0.3, 0.4) is 0 Å². The van der Waals surface area contributed by atoms with Gasteiger partial charge in [0.2, 0.25) is 5.88 Å². The van der Waals surface area contributed by atoms with Crippen molar-refractivity contribution in [3.05, 3.63) is 35.9 Å². The summed E-state index contributed by atoms with van der Waals surface area (Å²) >= 11 is 0. The van der Waals surface area contributed by atoms with Gasteiger partial charge in [-0.1, -0.05) is 18.2 Å². The highest BCUT2D eigenvalue weighted by Crippen LogP contribution is 2.22. The van der Waals surface area contributed by atoms with Gasteiger partial charge in [0.15, 0.2) is 0 Å². The minimum absolute atomic E-state index is 0.0190. The third-order valence-corrected chi connectivity index (χ3v) is 3.42. The van der Waals surface area contributed by atoms with Gasteiger partial charge in [-0.3, -0.25) is 5.41 Å². The van der Waals surface area contributed by atoms with Gasteiger partial charge in [-0.15, -0.1) is 0 Å². The van der Waals surface area contributed by atoms with Gasteiger partial charge in [0.25, 0.3) is 0 Å². The van der Waals surface area contributed by atoms with Gasteiger partial charge in [0, 0.05) is 23.6 Å². The van der Waals surface area contributed by atoms with Crippen LogP contribution in [0.2, 0.25) is 0 Å². The van der Waals surface area contributed by atoms with Crippen LogP contribution in [0.4, 0.5) is 0 Å². The Bertz CT molecular complexity index is 636. The lowest BCUT2D eigenvalue weighted by molar-refractivity contribution is 0.0664. The maximum Gasteiger partial charge on any atom is 0.214 e. The van der Waals surface area contributed by atoms with Crippen molar-refractivity contribution in [2.75, 3.05) is 13.2 Å². The molecule has 2 heterocycles. The van der Waals surface area contributed by atoms with E-state index in [0.717, 1.165) is 30.4 Å². The van der Waals surface area contributed by atoms with Crippen molar-refractivity contribution in [2.24, 2.45) is 5.73 Å². The monoisotopic (exact) mass is 271 g/mol. The molecule has 0 amide bonds. The summed E-state index contributed by atoms with van der Waals surface area (Å²) in [6, 6.07) is 9.33. The van der Waals surface area contributed by atoms with Crippen LogP contribution in [0.25, 0.3) is 10.9 Å². The molecule has 0 aliphatic carbocycles. The summed E-state index contributed by atoms with van der Waals surface area (Å²) < 4.78 is 11.2. The van der Waals surface area contributed by atoms with E-state index in [1.165, 1.54) is 0 Å². The van der Waals surface area contributed by atoms with E-state index in [9.17, 15) is 0 Å². The molecule has 104 valence electrons. The Balaban J connectivity index is 1.88. The van der Waals surface area contributed by atoms with Crippen molar-refractivity contribution < 1.29 is 9.47 Å². The molecular weight excluding hydrogens is 254 g/mol. The SMILES string of the molecule is N=C(N)c1cc(OCC2CCCO2)nc2ccccc12. The van der Waals surface area contributed by atoms with E-state index < -0.39 is 0 Å². The minimum Gasteiger partial charge on any atom is -0.475 e. The molecule has 1 aliphatic rings. The number of nitrogen functional groups attached to an aromatic ring is 1. The number of hydrogen-bond donors (Lipinski definition) is 2. The molecule has 3 N–H and O–H groups in total. The van der Waals surface area contributed by atoms with E-state index in [-0.39, 0.29) is 11.9 Å². The van der Waals surface area contributed by atoms with E-state index >= 15 is 0 Å². The number of nitrogens with zero attached hydrogens (tertiary/aromatic N) is 1. The van der Waals surface area contributed by atoms with E-state index in [1.807, 2.05) is 24.3 Å². The van der Waals surface area contributed by atoms with Crippen LogP contribution in [-0.4, -0.2) is 30.1 Å². The van der Waals surface area contributed by atoms with Crippen LogP contribution in [0.5, 0.6) is 5.88 Å². The average molecular weight is 271 g/mol. The molecule has 2 aromatic rings. The predicted molar refractivity (Wildman–Crippen MR) is 77.2 cm³/mol. The van der Waals surface area contributed by atoms with Crippen molar-refractivity contribution in [1.29, 1.82) is 5.41 Å². The fourth-order valence-corrected chi connectivity index (χ4v) is 2.40. The number of hydrogen-bond acceptors (Lipinski definition) is 4. The molecular formula is C15H17N3O2. The summed E-state index contributed by atoms with van der Waals surface area (Å²) in [7, 11) is 0. The largest absolute Gasteiger partial charge is 0.475 e. The smallest absolute Gasteiger partial charge is 0.214 e. The molecule has 1 aromatic heterocycles. The summed E-state index contributed by atoms with van der Waals surface area (Å²) in [6.07, 6.45) is 2.24. The first-order valence-corrected chi connectivity index (χ1v) is 6.72. The number of rotatable bonds is 4. The molecule has 1 fully saturated rings. The fraction of sp³-hybridized carbons (Fsp3) is 0.333. The quantitative estimate of drug-likeness (QED) is 0.659. The van der Waals surface area contributed by atoms with Crippen LogP contribution in [0, 0.1) is 5.41 Å². The molecule has 0 bridgehead atoms. The van der Waals surface area contributed by atoms with Crippen LogP contribution >= 0.6 is 0 Å². The van der Waals surface area contributed by atoms with Crippen molar-refractivity contribution >= 4 is 16.7 Å². The molecule has 1 saturated heterocycles. The zero-order valence-electron chi connectivity index (χ0n) is 11.1. The summed E-state index contributed by atoms with van der Waals surface area (Å²) in [5, 5.41) is 8.55. The first-order valence-electron chi connectivity index (χ1n) is 6.72. The Morgan fingerprint density at radius 3 is 3.05 bits per heavy atom. The van der Waals surface area contributed by atoms with E-state index in [2.05, 4.69) is 4.98 Å². The Morgan fingerprint density at radius 2 is 2.30 bits per heavy atom. The molecule has 3 rings (SSSR count). The second-order valence-corrected chi connectivity index (χ2v) is 4.88. The minimum atomic E-state index is 0.0190. The highest BCUT2D eigenvalue weighted by Gasteiger charge is 2.17. The van der Waals surface area contributed by atoms with Gasteiger partial charge < -0.3 is 15.2 Å². The first kappa shape index (κ1) is 12.9. The van der Waals surface area contributed by atoms with E-state index in [4.69, 9.17) is 20.6 Å². The number of para-hydroxylation sites is 1. The second kappa shape index (κ2) is 5.46. The lowest BCUT2D eigenvalue weighted by Gasteiger charge is -2.12. The van der Waals surface area contributed by atoms with Gasteiger partial charge in [0.05, 0.1) is 11.6 Å². The van der Waals surface area contributed by atoms with Gasteiger partial charge in [0.1, 0.15) is 12.4 Å². The number of ether oxygens (including phenoxy) is 2. The molecule has 0 spiro atoms. The molecule has 20 heavy (non-hydrogen) atoms. The van der Waals surface area contributed by atoms with Crippen molar-refractivity contribution in [1.82, 2.24) is 4.98 Å². The lowest BCUT2D eigenvalue weighted by Crippen LogP contribution is -2.17. The number of benzene rings is 1. The van der Waals surface area contributed by atoms with Crippen LogP contribution < -0.4 is 10.5 Å². The third kappa shape index (κ3) is 2.58. The number of fused-ring (bicyclic) bond motifs is 1. The van der Waals surface area contributed by atoms with Gasteiger partial charge >= 0.3 is 0 Å². The number of pyridine rings is 1. The molecule has 1 atom stereocenters. The molecule has 1 unspecified atom stereocenters. The second-order valence-electron chi connectivity index (χ2n) is 4.88. The lowest BCUT2D eigenvalue weighted by atomic mass is 10.1. The normalized spacial score (nSPS) is 18.3. The van der Waals surface area contributed by atoms with Crippen LogP contribution in [0.1, 0.15) is 18.4 Å². The number of nitrogens with one attached hydrogen (secondary N) is 1. The highest BCUT2D eigenvalue weighted by atomic mass is 16.5. The Morgan fingerprint density at radius 1 is 1.45 bits per heavy atom. The maximum absolute atomic E-state index is 7.68. The van der Waals surface area contributed by atoms with E-state index in [1.54, 1.807) is 6.07 Å². The number of amidine groups is 1. The maximum atomic E-state index is 7.68. The average Bonchev–Trinajstić information content (AvgIpc) is 2.97. The molecule has 5 nitrogen and oxygen atoms in total. The Hall–Kier alpha value is -2.14. The predicted octanol–water partition coefficient (Wildman–Crippen LogP) is 2.08. The van der Waals surface area contributed by atoms with Crippen molar-refractivity contribution in [3.63, 3.8) is 0 Å². The van der Waals surface area contributed by atoms with Gasteiger partial charge in [-0.05, 0) is 18.9 Å². The van der Waals surface area contributed by atoms with Gasteiger partial charge in [-0.2, -0.15) is 0 Å². The topological polar surface area (TPSA) is 81.2 Å². The molecule has 5 heteroatoms. The summed E-state index contributed by atoms with van der Waals surface area (Å²) in [5.74, 6) is 0.509. The fourth-order valence-electron chi connectivity index (χ4n) is 2.40. The molecule has 0 saturated carbocycles.